The number of likely N-dealkylation sites (tertiary alicyclic amines) is 1. The first-order chi connectivity index (χ1) is 14.7. The molecule has 2 unspecified atom stereocenters. The summed E-state index contributed by atoms with van der Waals surface area (Å²) in [5.74, 6) is 0. The first kappa shape index (κ1) is 19.3. The van der Waals surface area contributed by atoms with Crippen molar-refractivity contribution in [3.8, 4) is 0 Å². The maximum Gasteiger partial charge on any atom is 0.408 e. The summed E-state index contributed by atoms with van der Waals surface area (Å²) in [7, 11) is 0. The minimum atomic E-state index is -0.318. The standard InChI is InChI=1S/C23H26N4O2S/c28-23-25-21(16-6-2-1-3-7-16)20(29-23)12-15-26-13-10-17(11-14-26)27-19-9-5-4-8-18(19)24-22(27)30/h1-9,17,20-21H,10-15H2,(H,24,30)(H,25,28). The van der Waals surface area contributed by atoms with Gasteiger partial charge in [0.25, 0.3) is 0 Å². The fraction of sp³-hybridized carbons (Fsp3) is 0.391. The van der Waals surface area contributed by atoms with Gasteiger partial charge in [-0.05, 0) is 49.2 Å². The Kier molecular flexibility index (Phi) is 5.31. The third-order valence-electron chi connectivity index (χ3n) is 6.34. The van der Waals surface area contributed by atoms with E-state index in [9.17, 15) is 4.79 Å². The zero-order valence-electron chi connectivity index (χ0n) is 16.8. The second-order valence-corrected chi connectivity index (χ2v) is 8.54. The van der Waals surface area contributed by atoms with Gasteiger partial charge in [0.05, 0.1) is 17.1 Å². The summed E-state index contributed by atoms with van der Waals surface area (Å²) in [6, 6.07) is 18.7. The van der Waals surface area contributed by atoms with Crippen molar-refractivity contribution >= 4 is 29.3 Å². The molecule has 6 nitrogen and oxygen atoms in total. The Hall–Kier alpha value is -2.64. The van der Waals surface area contributed by atoms with Gasteiger partial charge < -0.3 is 24.5 Å². The predicted octanol–water partition coefficient (Wildman–Crippen LogP) is 4.58. The minimum Gasteiger partial charge on any atom is -0.444 e. The van der Waals surface area contributed by atoms with Gasteiger partial charge in [0.15, 0.2) is 4.77 Å². The summed E-state index contributed by atoms with van der Waals surface area (Å²) in [4.78, 5) is 17.6. The van der Waals surface area contributed by atoms with Crippen LogP contribution in [0.15, 0.2) is 54.6 Å². The molecule has 1 aromatic heterocycles. The fourth-order valence-corrected chi connectivity index (χ4v) is 5.15. The predicted molar refractivity (Wildman–Crippen MR) is 119 cm³/mol. The number of rotatable bonds is 5. The molecule has 2 N–H and O–H groups in total. The van der Waals surface area contributed by atoms with E-state index in [2.05, 4.69) is 38.0 Å². The number of benzene rings is 2. The van der Waals surface area contributed by atoms with Gasteiger partial charge in [-0.2, -0.15) is 0 Å². The normalized spacial score (nSPS) is 22.9. The third-order valence-corrected chi connectivity index (χ3v) is 6.64. The van der Waals surface area contributed by atoms with Crippen molar-refractivity contribution in [1.82, 2.24) is 19.8 Å². The molecule has 2 aromatic carbocycles. The van der Waals surface area contributed by atoms with Crippen LogP contribution in [0.25, 0.3) is 11.0 Å². The van der Waals surface area contributed by atoms with E-state index in [0.29, 0.717) is 6.04 Å². The molecule has 2 aliphatic heterocycles. The molecule has 0 aliphatic carbocycles. The molecule has 2 aliphatic rings. The Bertz CT molecular complexity index is 1090. The van der Waals surface area contributed by atoms with Crippen molar-refractivity contribution in [3.63, 3.8) is 0 Å². The van der Waals surface area contributed by atoms with E-state index in [1.165, 1.54) is 5.52 Å². The van der Waals surface area contributed by atoms with Crippen LogP contribution in [0.4, 0.5) is 4.79 Å². The quantitative estimate of drug-likeness (QED) is 0.591. The number of ether oxygens (including phenoxy) is 1. The van der Waals surface area contributed by atoms with Gasteiger partial charge in [-0.15, -0.1) is 0 Å². The Morgan fingerprint density at radius 2 is 1.77 bits per heavy atom. The third kappa shape index (κ3) is 3.75. The first-order valence-electron chi connectivity index (χ1n) is 10.6. The number of piperidine rings is 1. The van der Waals surface area contributed by atoms with Gasteiger partial charge in [0.1, 0.15) is 6.10 Å². The average molecular weight is 423 g/mol. The van der Waals surface area contributed by atoms with E-state index in [-0.39, 0.29) is 18.2 Å². The topological polar surface area (TPSA) is 62.3 Å². The maximum absolute atomic E-state index is 11.8. The summed E-state index contributed by atoms with van der Waals surface area (Å²) in [5, 5.41) is 2.96. The number of hydrogen-bond donors (Lipinski definition) is 2. The highest BCUT2D eigenvalue weighted by Gasteiger charge is 2.35. The molecule has 3 aromatic rings. The van der Waals surface area contributed by atoms with Gasteiger partial charge >= 0.3 is 6.09 Å². The Labute approximate surface area is 180 Å². The fourth-order valence-electron chi connectivity index (χ4n) is 4.79. The number of amides is 1. The molecule has 0 saturated carbocycles. The van der Waals surface area contributed by atoms with E-state index >= 15 is 0 Å². The number of fused-ring (bicyclic) bond motifs is 1. The number of alkyl carbamates (subject to hydrolysis) is 1. The van der Waals surface area contributed by atoms with Crippen molar-refractivity contribution in [2.24, 2.45) is 0 Å². The Balaban J connectivity index is 1.20. The molecule has 2 fully saturated rings. The molecule has 2 atom stereocenters. The van der Waals surface area contributed by atoms with E-state index in [1.54, 1.807) is 0 Å². The molecule has 2 saturated heterocycles. The molecular weight excluding hydrogens is 396 g/mol. The van der Waals surface area contributed by atoms with Gasteiger partial charge in [-0.25, -0.2) is 4.79 Å². The monoisotopic (exact) mass is 422 g/mol. The summed E-state index contributed by atoms with van der Waals surface area (Å²) < 4.78 is 8.66. The molecule has 30 heavy (non-hydrogen) atoms. The highest BCUT2D eigenvalue weighted by Crippen LogP contribution is 2.30. The number of cyclic esters (lactones) is 1. The smallest absolute Gasteiger partial charge is 0.408 e. The van der Waals surface area contributed by atoms with E-state index < -0.39 is 0 Å². The second-order valence-electron chi connectivity index (χ2n) is 8.16. The van der Waals surface area contributed by atoms with Gasteiger partial charge in [0, 0.05) is 25.7 Å². The van der Waals surface area contributed by atoms with Crippen molar-refractivity contribution in [2.75, 3.05) is 19.6 Å². The van der Waals surface area contributed by atoms with Gasteiger partial charge in [-0.1, -0.05) is 42.5 Å². The van der Waals surface area contributed by atoms with Crippen molar-refractivity contribution in [1.29, 1.82) is 0 Å². The molecule has 156 valence electrons. The van der Waals surface area contributed by atoms with E-state index in [0.717, 1.165) is 54.7 Å². The van der Waals surface area contributed by atoms with Crippen LogP contribution in [0, 0.1) is 4.77 Å². The number of nitrogens with zero attached hydrogens (tertiary/aromatic N) is 2. The van der Waals surface area contributed by atoms with Crippen LogP contribution >= 0.6 is 12.2 Å². The molecule has 0 spiro atoms. The van der Waals surface area contributed by atoms with Crippen LogP contribution in [0.1, 0.15) is 36.9 Å². The number of para-hydroxylation sites is 2. The lowest BCUT2D eigenvalue weighted by atomic mass is 9.99. The first-order valence-corrected chi connectivity index (χ1v) is 11.0. The number of H-pyrrole nitrogens is 1. The number of hydrogen-bond acceptors (Lipinski definition) is 4. The second kappa shape index (κ2) is 8.24. The van der Waals surface area contributed by atoms with Crippen LogP contribution in [0.3, 0.4) is 0 Å². The number of aromatic amines is 1. The average Bonchev–Trinajstić information content (AvgIpc) is 3.32. The highest BCUT2D eigenvalue weighted by molar-refractivity contribution is 7.71. The molecule has 7 heteroatoms. The number of carbonyl (C=O) groups is 1. The maximum atomic E-state index is 11.8. The molecule has 0 radical (unpaired) electrons. The van der Waals surface area contributed by atoms with E-state index in [4.69, 9.17) is 17.0 Å². The van der Waals surface area contributed by atoms with Crippen molar-refractivity contribution in [2.45, 2.75) is 37.5 Å². The molecule has 5 rings (SSSR count). The van der Waals surface area contributed by atoms with Crippen molar-refractivity contribution in [3.05, 3.63) is 64.9 Å². The molecule has 3 heterocycles. The summed E-state index contributed by atoms with van der Waals surface area (Å²) in [5.41, 5.74) is 3.39. The lowest BCUT2D eigenvalue weighted by molar-refractivity contribution is 0.107. The number of nitrogens with one attached hydrogen (secondary N) is 2. The summed E-state index contributed by atoms with van der Waals surface area (Å²) >= 11 is 5.60. The Morgan fingerprint density at radius 3 is 2.57 bits per heavy atom. The molecule has 0 bridgehead atoms. The lowest BCUT2D eigenvalue weighted by Gasteiger charge is -2.33. The number of aromatic nitrogens is 2. The zero-order valence-corrected chi connectivity index (χ0v) is 17.6. The SMILES string of the molecule is O=C1NC(c2ccccc2)C(CCN2CCC(n3c(=S)[nH]c4ccccc43)CC2)O1. The molecule has 1 amide bonds. The summed E-state index contributed by atoms with van der Waals surface area (Å²) in [6.07, 6.45) is 2.53. The highest BCUT2D eigenvalue weighted by atomic mass is 32.1. The largest absolute Gasteiger partial charge is 0.444 e. The van der Waals surface area contributed by atoms with E-state index in [1.807, 2.05) is 36.4 Å². The number of carbonyl (C=O) groups excluding carboxylic acids is 1. The Morgan fingerprint density at radius 1 is 1.03 bits per heavy atom. The van der Waals surface area contributed by atoms with Crippen molar-refractivity contribution < 1.29 is 9.53 Å². The van der Waals surface area contributed by atoms with Gasteiger partial charge in [-0.3, -0.25) is 0 Å². The van der Waals surface area contributed by atoms with Crippen LogP contribution in [0.5, 0.6) is 0 Å². The van der Waals surface area contributed by atoms with Crippen LogP contribution < -0.4 is 5.32 Å². The lowest BCUT2D eigenvalue weighted by Crippen LogP contribution is -2.37. The van der Waals surface area contributed by atoms with Crippen LogP contribution in [-0.2, 0) is 4.74 Å². The zero-order chi connectivity index (χ0) is 20.5. The van der Waals surface area contributed by atoms with Crippen LogP contribution in [0.2, 0.25) is 0 Å². The van der Waals surface area contributed by atoms with Gasteiger partial charge in [0.2, 0.25) is 0 Å². The number of imidazole rings is 1. The minimum absolute atomic E-state index is 0.0687. The summed E-state index contributed by atoms with van der Waals surface area (Å²) in [6.45, 7) is 2.97. The van der Waals surface area contributed by atoms with Crippen LogP contribution in [-0.4, -0.2) is 46.3 Å². The molecular formula is C23H26N4O2S.